The molecule has 0 saturated carbocycles. The monoisotopic (exact) mass is 307 g/mol. The number of benzene rings is 1. The zero-order valence-corrected chi connectivity index (χ0v) is 12.3. The Morgan fingerprint density at radius 2 is 2.14 bits per heavy atom. The molecule has 2 N–H and O–H groups in total. The minimum absolute atomic E-state index is 0.0135. The molecular formula is C15H17NO4S. The zero-order valence-electron chi connectivity index (χ0n) is 11.5. The number of aliphatic hydroxyl groups is 1. The van der Waals surface area contributed by atoms with E-state index in [1.807, 2.05) is 0 Å². The first kappa shape index (κ1) is 14.5. The van der Waals surface area contributed by atoms with Gasteiger partial charge >= 0.3 is 0 Å². The van der Waals surface area contributed by atoms with Crippen LogP contribution in [0, 0.1) is 11.8 Å². The van der Waals surface area contributed by atoms with Gasteiger partial charge in [0.2, 0.25) is 10.0 Å². The maximum absolute atomic E-state index is 12.6. The maximum atomic E-state index is 12.6. The average molecular weight is 307 g/mol. The molecule has 6 heteroatoms. The first-order valence-corrected chi connectivity index (χ1v) is 8.45. The van der Waals surface area contributed by atoms with Crippen LogP contribution < -0.4 is 4.72 Å². The van der Waals surface area contributed by atoms with E-state index in [1.165, 1.54) is 6.07 Å². The van der Waals surface area contributed by atoms with Crippen molar-refractivity contribution in [3.8, 4) is 11.8 Å². The van der Waals surface area contributed by atoms with Crippen LogP contribution in [-0.2, 0) is 14.8 Å². The van der Waals surface area contributed by atoms with Gasteiger partial charge in [0.05, 0.1) is 23.1 Å². The Morgan fingerprint density at radius 3 is 2.81 bits per heavy atom. The van der Waals surface area contributed by atoms with E-state index in [9.17, 15) is 8.42 Å². The number of hydrogen-bond acceptors (Lipinski definition) is 4. The highest BCUT2D eigenvalue weighted by Gasteiger charge is 2.42. The average Bonchev–Trinajstić information content (AvgIpc) is 3.07. The molecule has 2 bridgehead atoms. The molecule has 2 aliphatic rings. The number of rotatable bonds is 3. The number of ether oxygens (including phenoxy) is 1. The summed E-state index contributed by atoms with van der Waals surface area (Å²) in [5, 5.41) is 8.77. The van der Waals surface area contributed by atoms with Crippen LogP contribution in [0.2, 0.25) is 0 Å². The lowest BCUT2D eigenvalue weighted by molar-refractivity contribution is 0.0996. The van der Waals surface area contributed by atoms with Crippen LogP contribution in [-0.4, -0.2) is 38.4 Å². The van der Waals surface area contributed by atoms with Crippen molar-refractivity contribution in [3.05, 3.63) is 29.8 Å². The molecule has 0 radical (unpaired) electrons. The van der Waals surface area contributed by atoms with Gasteiger partial charge < -0.3 is 9.84 Å². The largest absolute Gasteiger partial charge is 0.384 e. The third kappa shape index (κ3) is 2.97. The fourth-order valence-electron chi connectivity index (χ4n) is 2.96. The molecule has 1 aromatic carbocycles. The molecule has 3 rings (SSSR count). The number of fused-ring (bicyclic) bond motifs is 2. The molecular weight excluding hydrogens is 290 g/mol. The normalized spacial score (nSPS) is 27.4. The highest BCUT2D eigenvalue weighted by atomic mass is 32.2. The van der Waals surface area contributed by atoms with Gasteiger partial charge in [-0.05, 0) is 31.4 Å². The second-order valence-electron chi connectivity index (χ2n) is 5.29. The smallest absolute Gasteiger partial charge is 0.242 e. The van der Waals surface area contributed by atoms with E-state index in [-0.39, 0.29) is 29.8 Å². The summed E-state index contributed by atoms with van der Waals surface area (Å²) in [6.45, 7) is -0.304. The Bertz CT molecular complexity index is 689. The van der Waals surface area contributed by atoms with E-state index < -0.39 is 10.0 Å². The van der Waals surface area contributed by atoms with E-state index in [1.54, 1.807) is 18.2 Å². The Labute approximate surface area is 124 Å². The second-order valence-corrected chi connectivity index (χ2v) is 6.98. The minimum Gasteiger partial charge on any atom is -0.384 e. The number of hydrogen-bond donors (Lipinski definition) is 2. The predicted octanol–water partition coefficient (Wildman–Crippen LogP) is 0.629. The van der Waals surface area contributed by atoms with Crippen molar-refractivity contribution >= 4 is 10.0 Å². The highest BCUT2D eigenvalue weighted by Crippen LogP contribution is 2.35. The summed E-state index contributed by atoms with van der Waals surface area (Å²) in [4.78, 5) is 0.147. The van der Waals surface area contributed by atoms with Crippen LogP contribution >= 0.6 is 0 Å². The SMILES string of the molecule is O=S(=O)(NC1CC2CCC1O2)c1ccccc1C#CCO. The van der Waals surface area contributed by atoms with Crippen LogP contribution in [0.15, 0.2) is 29.2 Å². The topological polar surface area (TPSA) is 75.6 Å². The van der Waals surface area contributed by atoms with Crippen molar-refractivity contribution in [3.63, 3.8) is 0 Å². The van der Waals surface area contributed by atoms with Crippen molar-refractivity contribution < 1.29 is 18.3 Å². The lowest BCUT2D eigenvalue weighted by atomic mass is 9.96. The number of nitrogens with one attached hydrogen (secondary N) is 1. The summed E-state index contributed by atoms with van der Waals surface area (Å²) >= 11 is 0. The van der Waals surface area contributed by atoms with Gasteiger partial charge in [0.25, 0.3) is 0 Å². The molecule has 1 aromatic rings. The van der Waals surface area contributed by atoms with Crippen molar-refractivity contribution in [1.29, 1.82) is 0 Å². The van der Waals surface area contributed by atoms with Gasteiger partial charge in [0.15, 0.2) is 0 Å². The minimum atomic E-state index is -3.64. The summed E-state index contributed by atoms with van der Waals surface area (Å²) in [6.07, 6.45) is 2.83. The standard InChI is InChI=1S/C15H17NO4S/c17-9-3-5-11-4-1-2-6-15(11)21(18,19)16-13-10-12-7-8-14(13)20-12/h1-2,4,6,12-14,16-17H,7-10H2. The summed E-state index contributed by atoms with van der Waals surface area (Å²) < 4.78 is 33.5. The van der Waals surface area contributed by atoms with Crippen LogP contribution in [0.25, 0.3) is 0 Å². The molecule has 21 heavy (non-hydrogen) atoms. The van der Waals surface area contributed by atoms with Crippen molar-refractivity contribution in [2.45, 2.75) is 42.4 Å². The first-order chi connectivity index (χ1) is 10.1. The molecule has 0 amide bonds. The van der Waals surface area contributed by atoms with Crippen LogP contribution in [0.4, 0.5) is 0 Å². The van der Waals surface area contributed by atoms with E-state index in [4.69, 9.17) is 9.84 Å². The van der Waals surface area contributed by atoms with Crippen molar-refractivity contribution in [1.82, 2.24) is 4.72 Å². The first-order valence-electron chi connectivity index (χ1n) is 6.97. The van der Waals surface area contributed by atoms with Gasteiger partial charge in [0, 0.05) is 5.56 Å². The van der Waals surface area contributed by atoms with Gasteiger partial charge in [-0.25, -0.2) is 13.1 Å². The molecule has 2 heterocycles. The fourth-order valence-corrected chi connectivity index (χ4v) is 4.40. The second kappa shape index (κ2) is 5.78. The van der Waals surface area contributed by atoms with Crippen molar-refractivity contribution in [2.75, 3.05) is 6.61 Å². The molecule has 3 unspecified atom stereocenters. The molecule has 112 valence electrons. The Hall–Kier alpha value is -1.39. The quantitative estimate of drug-likeness (QED) is 0.803. The van der Waals surface area contributed by atoms with Gasteiger partial charge in [0.1, 0.15) is 6.61 Å². The fraction of sp³-hybridized carbons (Fsp3) is 0.467. The Morgan fingerprint density at radius 1 is 1.33 bits per heavy atom. The lowest BCUT2D eigenvalue weighted by Gasteiger charge is -2.20. The molecule has 0 aliphatic carbocycles. The third-order valence-corrected chi connectivity index (χ3v) is 5.44. The van der Waals surface area contributed by atoms with Crippen molar-refractivity contribution in [2.24, 2.45) is 0 Å². The molecule has 2 aliphatic heterocycles. The van der Waals surface area contributed by atoms with Gasteiger partial charge in [-0.1, -0.05) is 24.0 Å². The number of sulfonamides is 1. The van der Waals surface area contributed by atoms with E-state index in [0.29, 0.717) is 5.56 Å². The highest BCUT2D eigenvalue weighted by molar-refractivity contribution is 7.89. The Kier molecular flexibility index (Phi) is 4.00. The van der Waals surface area contributed by atoms with E-state index in [2.05, 4.69) is 16.6 Å². The summed E-state index contributed by atoms with van der Waals surface area (Å²) in [7, 11) is -3.64. The third-order valence-electron chi connectivity index (χ3n) is 3.89. The summed E-state index contributed by atoms with van der Waals surface area (Å²) in [5.74, 6) is 5.16. The molecule has 3 atom stereocenters. The molecule has 5 nitrogen and oxygen atoms in total. The summed E-state index contributed by atoms with van der Waals surface area (Å²) in [6, 6.07) is 6.39. The van der Waals surface area contributed by atoms with E-state index >= 15 is 0 Å². The predicted molar refractivity (Wildman–Crippen MR) is 77.0 cm³/mol. The molecule has 0 spiro atoms. The van der Waals surface area contributed by atoms with Crippen LogP contribution in [0.5, 0.6) is 0 Å². The lowest BCUT2D eigenvalue weighted by Crippen LogP contribution is -2.41. The molecule has 2 saturated heterocycles. The van der Waals surface area contributed by atoms with Crippen LogP contribution in [0.3, 0.4) is 0 Å². The Balaban J connectivity index is 1.85. The van der Waals surface area contributed by atoms with Gasteiger partial charge in [-0.2, -0.15) is 0 Å². The van der Waals surface area contributed by atoms with Crippen LogP contribution in [0.1, 0.15) is 24.8 Å². The van der Waals surface area contributed by atoms with E-state index in [0.717, 1.165) is 19.3 Å². The van der Waals surface area contributed by atoms with Gasteiger partial charge in [-0.3, -0.25) is 0 Å². The zero-order chi connectivity index (χ0) is 14.9. The maximum Gasteiger partial charge on any atom is 0.242 e. The van der Waals surface area contributed by atoms with Gasteiger partial charge in [-0.15, -0.1) is 0 Å². The number of aliphatic hydroxyl groups excluding tert-OH is 1. The molecule has 0 aromatic heterocycles. The molecule has 2 fully saturated rings. The summed E-state index contributed by atoms with van der Waals surface area (Å²) in [5.41, 5.74) is 0.392.